The van der Waals surface area contributed by atoms with Gasteiger partial charge in [-0.25, -0.2) is 10.2 Å². The van der Waals surface area contributed by atoms with Crippen molar-refractivity contribution < 1.29 is 14.4 Å². The molecule has 0 heterocycles. The zero-order valence-electron chi connectivity index (χ0n) is 16.6. The lowest BCUT2D eigenvalue weighted by Gasteiger charge is -2.27. The molecule has 27 heavy (non-hydrogen) atoms. The second-order valence-electron chi connectivity index (χ2n) is 7.08. The summed E-state index contributed by atoms with van der Waals surface area (Å²) in [6, 6.07) is -0.976. The second-order valence-corrected chi connectivity index (χ2v) is 7.08. The van der Waals surface area contributed by atoms with Crippen molar-refractivity contribution in [3.63, 3.8) is 0 Å². The quantitative estimate of drug-likeness (QED) is 0.270. The summed E-state index contributed by atoms with van der Waals surface area (Å²) >= 11 is 0. The Kier molecular flexibility index (Phi) is 10.6. The number of nitrogens with zero attached hydrogens (tertiary/aromatic N) is 1. The van der Waals surface area contributed by atoms with Crippen LogP contribution in [-0.4, -0.2) is 56.2 Å². The SMILES string of the molecule is CC[C@@H](/C=N/NC(=O)NCC1CCC(C(=O)NC)CC1)NCC(=O)C(C)N. The minimum Gasteiger partial charge on any atom is -0.359 e. The van der Waals surface area contributed by atoms with Crippen molar-refractivity contribution >= 4 is 23.9 Å². The molecule has 154 valence electrons. The van der Waals surface area contributed by atoms with Crippen molar-refractivity contribution in [3.8, 4) is 0 Å². The number of carbonyl (C=O) groups excluding carboxylic acids is 3. The average molecular weight is 383 g/mol. The number of ketones is 1. The number of hydrazone groups is 1. The molecule has 1 rings (SSSR count). The Hall–Kier alpha value is -2.00. The molecule has 0 saturated heterocycles. The molecule has 1 aliphatic rings. The molecule has 0 radical (unpaired) electrons. The molecule has 0 aromatic heterocycles. The van der Waals surface area contributed by atoms with Crippen LogP contribution in [0.3, 0.4) is 0 Å². The summed E-state index contributed by atoms with van der Waals surface area (Å²) in [6.45, 7) is 4.35. The molecule has 9 nitrogen and oxygen atoms in total. The van der Waals surface area contributed by atoms with E-state index in [2.05, 4.69) is 26.5 Å². The molecule has 1 aliphatic carbocycles. The summed E-state index contributed by atoms with van der Waals surface area (Å²) < 4.78 is 0. The molecule has 1 unspecified atom stereocenters. The van der Waals surface area contributed by atoms with E-state index in [4.69, 9.17) is 5.73 Å². The van der Waals surface area contributed by atoms with Crippen LogP contribution in [0.15, 0.2) is 5.10 Å². The standard InChI is InChI=1S/C18H34N6O3/c1-4-15(21-11-16(25)12(2)19)10-23-24-18(27)22-9-13-5-7-14(8-6-13)17(26)20-3/h10,12-15,21H,4-9,11,19H2,1-3H3,(H,20,26)(H2,22,24,27)/b23-10+/t12?,13?,14?,15-/m0/s1. The Morgan fingerprint density at radius 2 is 1.89 bits per heavy atom. The number of nitrogens with one attached hydrogen (secondary N) is 4. The van der Waals surface area contributed by atoms with Gasteiger partial charge in [-0.2, -0.15) is 5.10 Å². The number of hydrogen-bond acceptors (Lipinski definition) is 6. The lowest BCUT2D eigenvalue weighted by Crippen LogP contribution is -2.41. The molecule has 0 aliphatic heterocycles. The summed E-state index contributed by atoms with van der Waals surface area (Å²) in [5.41, 5.74) is 7.96. The molecule has 3 amide bonds. The van der Waals surface area contributed by atoms with Crippen LogP contribution < -0.4 is 27.1 Å². The summed E-state index contributed by atoms with van der Waals surface area (Å²) in [7, 11) is 1.66. The van der Waals surface area contributed by atoms with E-state index < -0.39 is 6.04 Å². The fraction of sp³-hybridized carbons (Fsp3) is 0.778. The van der Waals surface area contributed by atoms with Crippen molar-refractivity contribution in [2.45, 2.75) is 58.0 Å². The van der Waals surface area contributed by atoms with Gasteiger partial charge in [-0.05, 0) is 44.9 Å². The summed E-state index contributed by atoms with van der Waals surface area (Å²) in [4.78, 5) is 35.0. The Morgan fingerprint density at radius 1 is 1.22 bits per heavy atom. The minimum atomic E-state index is -0.498. The van der Waals surface area contributed by atoms with Gasteiger partial charge in [-0.1, -0.05) is 6.92 Å². The third kappa shape index (κ3) is 8.96. The first-order valence-corrected chi connectivity index (χ1v) is 9.67. The molecule has 9 heteroatoms. The molecule has 2 atom stereocenters. The van der Waals surface area contributed by atoms with Crippen LogP contribution in [0.1, 0.15) is 46.0 Å². The second kappa shape index (κ2) is 12.4. The lowest BCUT2D eigenvalue weighted by molar-refractivity contribution is -0.125. The molecule has 0 bridgehead atoms. The first-order chi connectivity index (χ1) is 12.9. The Labute approximate surface area is 161 Å². The fourth-order valence-electron chi connectivity index (χ4n) is 2.99. The maximum Gasteiger partial charge on any atom is 0.335 e. The Balaban J connectivity index is 2.23. The van der Waals surface area contributed by atoms with Crippen LogP contribution >= 0.6 is 0 Å². The zero-order chi connectivity index (χ0) is 20.2. The molecule has 0 aromatic rings. The monoisotopic (exact) mass is 382 g/mol. The normalized spacial score (nSPS) is 22.1. The van der Waals surface area contributed by atoms with E-state index in [0.29, 0.717) is 12.5 Å². The van der Waals surface area contributed by atoms with E-state index in [0.717, 1.165) is 32.1 Å². The first kappa shape index (κ1) is 23.0. The van der Waals surface area contributed by atoms with Crippen molar-refractivity contribution in [1.29, 1.82) is 0 Å². The van der Waals surface area contributed by atoms with Gasteiger partial charge in [0.05, 0.1) is 12.6 Å². The maximum atomic E-state index is 11.8. The van der Waals surface area contributed by atoms with E-state index in [1.54, 1.807) is 20.2 Å². The van der Waals surface area contributed by atoms with Crippen molar-refractivity contribution in [2.75, 3.05) is 20.1 Å². The number of rotatable bonds is 10. The van der Waals surface area contributed by atoms with Crippen LogP contribution in [0.5, 0.6) is 0 Å². The van der Waals surface area contributed by atoms with Crippen LogP contribution in [0.2, 0.25) is 0 Å². The summed E-state index contributed by atoms with van der Waals surface area (Å²) in [5, 5.41) is 12.5. The number of Topliss-reactive ketones (excluding diaryl/α,β-unsaturated/α-hetero) is 1. The first-order valence-electron chi connectivity index (χ1n) is 9.67. The highest BCUT2D eigenvalue weighted by molar-refractivity contribution is 5.85. The van der Waals surface area contributed by atoms with Gasteiger partial charge >= 0.3 is 6.03 Å². The highest BCUT2D eigenvalue weighted by Crippen LogP contribution is 2.28. The minimum absolute atomic E-state index is 0.0707. The number of nitrogens with two attached hydrogens (primary N) is 1. The zero-order valence-corrected chi connectivity index (χ0v) is 16.6. The van der Waals surface area contributed by atoms with E-state index in [1.807, 2.05) is 6.92 Å². The fourth-order valence-corrected chi connectivity index (χ4v) is 2.99. The summed E-state index contributed by atoms with van der Waals surface area (Å²) in [6.07, 6.45) is 5.87. The molecular formula is C18H34N6O3. The molecular weight excluding hydrogens is 348 g/mol. The summed E-state index contributed by atoms with van der Waals surface area (Å²) in [5.74, 6) is 0.515. The van der Waals surface area contributed by atoms with Crippen LogP contribution in [0, 0.1) is 11.8 Å². The van der Waals surface area contributed by atoms with Crippen LogP contribution in [-0.2, 0) is 9.59 Å². The maximum absolute atomic E-state index is 11.8. The van der Waals surface area contributed by atoms with E-state index in [1.165, 1.54) is 0 Å². The molecule has 1 saturated carbocycles. The van der Waals surface area contributed by atoms with Gasteiger partial charge in [-0.15, -0.1) is 0 Å². The lowest BCUT2D eigenvalue weighted by atomic mass is 9.81. The highest BCUT2D eigenvalue weighted by atomic mass is 16.2. The predicted molar refractivity (Wildman–Crippen MR) is 105 cm³/mol. The Bertz CT molecular complexity index is 515. The highest BCUT2D eigenvalue weighted by Gasteiger charge is 2.25. The van der Waals surface area contributed by atoms with Crippen LogP contribution in [0.25, 0.3) is 0 Å². The number of amides is 3. The Morgan fingerprint density at radius 3 is 2.44 bits per heavy atom. The predicted octanol–water partition coefficient (Wildman–Crippen LogP) is 0.108. The third-order valence-electron chi connectivity index (χ3n) is 4.92. The van der Waals surface area contributed by atoms with Gasteiger partial charge in [0.1, 0.15) is 0 Å². The molecule has 0 spiro atoms. The number of urea groups is 1. The van der Waals surface area contributed by atoms with Gasteiger partial charge in [0.25, 0.3) is 0 Å². The smallest absolute Gasteiger partial charge is 0.335 e. The number of hydrogen-bond donors (Lipinski definition) is 5. The average Bonchev–Trinajstić information content (AvgIpc) is 2.68. The topological polar surface area (TPSA) is 138 Å². The van der Waals surface area contributed by atoms with Gasteiger partial charge < -0.3 is 21.7 Å². The number of carbonyl (C=O) groups is 3. The van der Waals surface area contributed by atoms with E-state index >= 15 is 0 Å². The van der Waals surface area contributed by atoms with Crippen LogP contribution in [0.4, 0.5) is 4.79 Å². The largest absolute Gasteiger partial charge is 0.359 e. The molecule has 0 aromatic carbocycles. The molecule has 6 N–H and O–H groups in total. The molecule has 1 fully saturated rings. The van der Waals surface area contributed by atoms with E-state index in [9.17, 15) is 14.4 Å². The van der Waals surface area contributed by atoms with Gasteiger partial charge in [0.15, 0.2) is 5.78 Å². The van der Waals surface area contributed by atoms with Crippen molar-refractivity contribution in [1.82, 2.24) is 21.4 Å². The third-order valence-corrected chi connectivity index (χ3v) is 4.92. The van der Waals surface area contributed by atoms with Gasteiger partial charge in [-0.3, -0.25) is 9.59 Å². The van der Waals surface area contributed by atoms with E-state index in [-0.39, 0.29) is 36.2 Å². The van der Waals surface area contributed by atoms with Crippen molar-refractivity contribution in [2.24, 2.45) is 22.7 Å². The van der Waals surface area contributed by atoms with Crippen molar-refractivity contribution in [3.05, 3.63) is 0 Å². The van der Waals surface area contributed by atoms with Gasteiger partial charge in [0, 0.05) is 31.8 Å². The van der Waals surface area contributed by atoms with Gasteiger partial charge in [0.2, 0.25) is 5.91 Å².